The van der Waals surface area contributed by atoms with Crippen LogP contribution in [0.15, 0.2) is 54.6 Å². The second-order valence-electron chi connectivity index (χ2n) is 9.11. The summed E-state index contributed by atoms with van der Waals surface area (Å²) in [5.41, 5.74) is 1.69. The lowest BCUT2D eigenvalue weighted by Gasteiger charge is -2.32. The van der Waals surface area contributed by atoms with Crippen molar-refractivity contribution in [2.45, 2.75) is 31.8 Å². The Kier molecular flexibility index (Phi) is 8.02. The quantitative estimate of drug-likeness (QED) is 0.656. The molecule has 0 saturated carbocycles. The maximum Gasteiger partial charge on any atom is 0.254 e. The molecule has 8 heteroatoms. The monoisotopic (exact) mass is 478 g/mol. The summed E-state index contributed by atoms with van der Waals surface area (Å²) in [5, 5.41) is 3.26. The summed E-state index contributed by atoms with van der Waals surface area (Å²) in [6, 6.07) is 16.3. The summed E-state index contributed by atoms with van der Waals surface area (Å²) < 4.78 is 5.24. The first kappa shape index (κ1) is 24.7. The molecule has 2 aromatic rings. The number of amides is 3. The van der Waals surface area contributed by atoms with E-state index >= 15 is 0 Å². The van der Waals surface area contributed by atoms with E-state index in [9.17, 15) is 14.4 Å². The average molecular weight is 479 g/mol. The van der Waals surface area contributed by atoms with Gasteiger partial charge in [0.15, 0.2) is 0 Å². The van der Waals surface area contributed by atoms with Crippen LogP contribution in [0.2, 0.25) is 0 Å². The van der Waals surface area contributed by atoms with E-state index in [0.29, 0.717) is 50.3 Å². The number of hydrogen-bond acceptors (Lipinski definition) is 5. The third-order valence-electron chi connectivity index (χ3n) is 6.92. The number of ether oxygens (including phenoxy) is 1. The molecule has 2 heterocycles. The van der Waals surface area contributed by atoms with Gasteiger partial charge in [-0.3, -0.25) is 14.4 Å². The average Bonchev–Trinajstić information content (AvgIpc) is 3.35. The minimum absolute atomic E-state index is 0.0240. The molecule has 35 heavy (non-hydrogen) atoms. The Morgan fingerprint density at radius 2 is 1.71 bits per heavy atom. The van der Waals surface area contributed by atoms with Crippen LogP contribution in [-0.2, 0) is 16.0 Å². The molecule has 4 rings (SSSR count). The van der Waals surface area contributed by atoms with E-state index in [1.807, 2.05) is 40.1 Å². The zero-order chi connectivity index (χ0) is 24.8. The largest absolute Gasteiger partial charge is 0.497 e. The molecule has 2 atom stereocenters. The third kappa shape index (κ3) is 5.82. The molecule has 2 fully saturated rings. The molecule has 1 N–H and O–H groups in total. The van der Waals surface area contributed by atoms with Gasteiger partial charge >= 0.3 is 0 Å². The molecule has 0 spiro atoms. The molecule has 0 aliphatic carbocycles. The van der Waals surface area contributed by atoms with Crippen molar-refractivity contribution in [1.82, 2.24) is 20.0 Å². The predicted molar refractivity (Wildman–Crippen MR) is 133 cm³/mol. The van der Waals surface area contributed by atoms with Gasteiger partial charge in [0.25, 0.3) is 5.91 Å². The zero-order valence-corrected chi connectivity index (χ0v) is 20.5. The minimum atomic E-state index is -0.543. The molecule has 0 aromatic heterocycles. The summed E-state index contributed by atoms with van der Waals surface area (Å²) in [6.07, 6.45) is 1.13. The number of piperazine rings is 1. The number of likely N-dealkylation sites (tertiary alicyclic amines) is 1. The van der Waals surface area contributed by atoms with Crippen LogP contribution in [-0.4, -0.2) is 90.9 Å². The Labute approximate surface area is 206 Å². The second-order valence-corrected chi connectivity index (χ2v) is 9.11. The van der Waals surface area contributed by atoms with Gasteiger partial charge in [-0.25, -0.2) is 0 Å². The van der Waals surface area contributed by atoms with Crippen molar-refractivity contribution in [2.24, 2.45) is 0 Å². The lowest BCUT2D eigenvalue weighted by Crippen LogP contribution is -2.53. The number of carbonyl (C=O) groups is 3. The van der Waals surface area contributed by atoms with Gasteiger partial charge in [-0.2, -0.15) is 0 Å². The van der Waals surface area contributed by atoms with Crippen molar-refractivity contribution >= 4 is 17.7 Å². The van der Waals surface area contributed by atoms with E-state index in [1.54, 1.807) is 36.3 Å². The van der Waals surface area contributed by atoms with E-state index in [-0.39, 0.29) is 23.8 Å². The first-order valence-electron chi connectivity index (χ1n) is 12.2. The fourth-order valence-electron chi connectivity index (χ4n) is 4.96. The molecule has 2 aromatic carbocycles. The van der Waals surface area contributed by atoms with Crippen LogP contribution in [0.3, 0.4) is 0 Å². The number of nitrogens with one attached hydrogen (secondary N) is 1. The molecule has 2 aliphatic rings. The molecule has 186 valence electrons. The lowest BCUT2D eigenvalue weighted by atomic mass is 10.1. The molecule has 2 unspecified atom stereocenters. The van der Waals surface area contributed by atoms with E-state index < -0.39 is 6.04 Å². The Morgan fingerprint density at radius 1 is 1.03 bits per heavy atom. The maximum absolute atomic E-state index is 13.7. The van der Waals surface area contributed by atoms with Crippen molar-refractivity contribution in [2.75, 3.05) is 46.4 Å². The molecular formula is C27H34N4O4. The Hall–Kier alpha value is -3.39. The highest BCUT2D eigenvalue weighted by Crippen LogP contribution is 2.26. The first-order chi connectivity index (χ1) is 17.0. The summed E-state index contributed by atoms with van der Waals surface area (Å²) in [7, 11) is 1.59. The van der Waals surface area contributed by atoms with Gasteiger partial charge in [0, 0.05) is 51.8 Å². The van der Waals surface area contributed by atoms with Crippen molar-refractivity contribution in [3.8, 4) is 5.75 Å². The standard InChI is InChI=1S/C27H34N4O4/c1-20(32)31-19-23(18-25(31)27(34)29-16-13-28-14-17-29)30(15-12-21-6-4-3-5-7-21)26(33)22-8-10-24(35-2)11-9-22/h3-11,23,25,28H,12-19H2,1-2H3. The molecule has 0 bridgehead atoms. The molecule has 2 aliphatic heterocycles. The number of benzene rings is 2. The fraction of sp³-hybridized carbons (Fsp3) is 0.444. The number of carbonyl (C=O) groups excluding carboxylic acids is 3. The SMILES string of the molecule is COc1ccc(C(=O)N(CCc2ccccc2)C2CC(C(=O)N3CCNCC3)N(C(C)=O)C2)cc1. The van der Waals surface area contributed by atoms with Crippen LogP contribution in [0.1, 0.15) is 29.3 Å². The Bertz CT molecular complexity index is 1020. The molecule has 0 radical (unpaired) electrons. The van der Waals surface area contributed by atoms with Gasteiger partial charge < -0.3 is 24.8 Å². The summed E-state index contributed by atoms with van der Waals surface area (Å²) >= 11 is 0. The zero-order valence-electron chi connectivity index (χ0n) is 20.5. The molecule has 2 saturated heterocycles. The highest BCUT2D eigenvalue weighted by molar-refractivity contribution is 5.95. The smallest absolute Gasteiger partial charge is 0.254 e. The summed E-state index contributed by atoms with van der Waals surface area (Å²) in [6.45, 7) is 5.12. The van der Waals surface area contributed by atoms with Gasteiger partial charge in [-0.15, -0.1) is 0 Å². The molecule has 3 amide bonds. The molecule has 8 nitrogen and oxygen atoms in total. The second kappa shape index (κ2) is 11.4. The highest BCUT2D eigenvalue weighted by atomic mass is 16.5. The third-order valence-corrected chi connectivity index (χ3v) is 6.92. The number of nitrogens with zero attached hydrogens (tertiary/aromatic N) is 3. The fourth-order valence-corrected chi connectivity index (χ4v) is 4.96. The minimum Gasteiger partial charge on any atom is -0.497 e. The van der Waals surface area contributed by atoms with Crippen LogP contribution >= 0.6 is 0 Å². The lowest BCUT2D eigenvalue weighted by molar-refractivity contribution is -0.143. The van der Waals surface area contributed by atoms with Gasteiger partial charge in [0.1, 0.15) is 11.8 Å². The van der Waals surface area contributed by atoms with Crippen molar-refractivity contribution < 1.29 is 19.1 Å². The highest BCUT2D eigenvalue weighted by Gasteiger charge is 2.43. The number of methoxy groups -OCH3 is 1. The van der Waals surface area contributed by atoms with Gasteiger partial charge in [-0.05, 0) is 42.7 Å². The van der Waals surface area contributed by atoms with E-state index in [4.69, 9.17) is 4.74 Å². The van der Waals surface area contributed by atoms with Crippen LogP contribution in [0.4, 0.5) is 0 Å². The van der Waals surface area contributed by atoms with Crippen LogP contribution < -0.4 is 10.1 Å². The first-order valence-corrected chi connectivity index (χ1v) is 12.2. The van der Waals surface area contributed by atoms with Gasteiger partial charge in [-0.1, -0.05) is 30.3 Å². The normalized spacial score (nSPS) is 19.9. The van der Waals surface area contributed by atoms with Crippen LogP contribution in [0.5, 0.6) is 5.75 Å². The van der Waals surface area contributed by atoms with Crippen molar-refractivity contribution in [3.63, 3.8) is 0 Å². The van der Waals surface area contributed by atoms with Crippen molar-refractivity contribution in [3.05, 3.63) is 65.7 Å². The van der Waals surface area contributed by atoms with Gasteiger partial charge in [0.05, 0.1) is 13.2 Å². The molecular weight excluding hydrogens is 444 g/mol. The topological polar surface area (TPSA) is 82.2 Å². The van der Waals surface area contributed by atoms with E-state index in [1.165, 1.54) is 6.92 Å². The van der Waals surface area contributed by atoms with Crippen LogP contribution in [0.25, 0.3) is 0 Å². The summed E-state index contributed by atoms with van der Waals surface area (Å²) in [4.78, 5) is 44.9. The van der Waals surface area contributed by atoms with E-state index in [2.05, 4.69) is 5.32 Å². The van der Waals surface area contributed by atoms with E-state index in [0.717, 1.165) is 18.7 Å². The van der Waals surface area contributed by atoms with Gasteiger partial charge in [0.2, 0.25) is 11.8 Å². The maximum atomic E-state index is 13.7. The number of rotatable bonds is 7. The Morgan fingerprint density at radius 3 is 2.34 bits per heavy atom. The predicted octanol–water partition coefficient (Wildman–Crippen LogP) is 1.80. The summed E-state index contributed by atoms with van der Waals surface area (Å²) in [5.74, 6) is 0.417. The van der Waals surface area contributed by atoms with Crippen molar-refractivity contribution in [1.29, 1.82) is 0 Å². The number of hydrogen-bond donors (Lipinski definition) is 1. The van der Waals surface area contributed by atoms with Crippen LogP contribution in [0, 0.1) is 0 Å². The Balaban J connectivity index is 1.57.